The van der Waals surface area contributed by atoms with Gasteiger partial charge in [-0.05, 0) is 44.9 Å². The fourth-order valence-electron chi connectivity index (χ4n) is 1.77. The molecule has 2 heterocycles. The van der Waals surface area contributed by atoms with Crippen molar-refractivity contribution in [2.45, 2.75) is 34.2 Å². The van der Waals surface area contributed by atoms with Crippen LogP contribution in [-0.2, 0) is 6.54 Å². The van der Waals surface area contributed by atoms with Gasteiger partial charge >= 0.3 is 0 Å². The third-order valence-corrected chi connectivity index (χ3v) is 3.16. The van der Waals surface area contributed by atoms with Crippen LogP contribution in [0.15, 0.2) is 18.3 Å². The average molecular weight is 215 g/mol. The molecule has 0 bridgehead atoms. The van der Waals surface area contributed by atoms with Gasteiger partial charge in [0, 0.05) is 11.9 Å². The Labute approximate surface area is 96.1 Å². The van der Waals surface area contributed by atoms with Crippen LogP contribution >= 0.6 is 0 Å². The molecule has 0 atom stereocenters. The van der Waals surface area contributed by atoms with Gasteiger partial charge in [-0.3, -0.25) is 9.67 Å². The zero-order chi connectivity index (χ0) is 11.7. The van der Waals surface area contributed by atoms with Gasteiger partial charge in [0.25, 0.3) is 0 Å². The lowest BCUT2D eigenvalue weighted by molar-refractivity contribution is 0.643. The van der Waals surface area contributed by atoms with Gasteiger partial charge < -0.3 is 0 Å². The van der Waals surface area contributed by atoms with Gasteiger partial charge in [-0.25, -0.2) is 0 Å². The quantitative estimate of drug-likeness (QED) is 0.770. The number of nitrogens with zero attached hydrogens (tertiary/aromatic N) is 3. The Bertz CT molecular complexity index is 512. The highest BCUT2D eigenvalue weighted by Gasteiger charge is 2.08. The molecule has 2 aromatic heterocycles. The Kier molecular flexibility index (Phi) is 2.77. The molecule has 0 unspecified atom stereocenters. The van der Waals surface area contributed by atoms with E-state index in [9.17, 15) is 0 Å². The number of aromatic nitrogens is 3. The van der Waals surface area contributed by atoms with E-state index < -0.39 is 0 Å². The summed E-state index contributed by atoms with van der Waals surface area (Å²) in [4.78, 5) is 4.39. The van der Waals surface area contributed by atoms with Crippen LogP contribution in [0.4, 0.5) is 0 Å². The molecule has 0 amide bonds. The van der Waals surface area contributed by atoms with E-state index in [2.05, 4.69) is 36.9 Å². The first kappa shape index (κ1) is 10.9. The number of rotatable bonds is 2. The SMILES string of the molecule is Cc1cccnc1Cn1nc(C)c(C)c1C. The molecule has 0 aliphatic carbocycles. The van der Waals surface area contributed by atoms with Crippen molar-refractivity contribution in [3.63, 3.8) is 0 Å². The first-order chi connectivity index (χ1) is 7.59. The summed E-state index contributed by atoms with van der Waals surface area (Å²) in [7, 11) is 0. The summed E-state index contributed by atoms with van der Waals surface area (Å²) in [6.07, 6.45) is 1.83. The van der Waals surface area contributed by atoms with E-state index in [-0.39, 0.29) is 0 Å². The normalized spacial score (nSPS) is 10.8. The Morgan fingerprint density at radius 1 is 1.19 bits per heavy atom. The second kappa shape index (κ2) is 4.08. The maximum atomic E-state index is 4.52. The number of hydrogen-bond acceptors (Lipinski definition) is 2. The molecule has 0 fully saturated rings. The zero-order valence-corrected chi connectivity index (χ0v) is 10.3. The van der Waals surface area contributed by atoms with Gasteiger partial charge in [-0.2, -0.15) is 5.10 Å². The summed E-state index contributed by atoms with van der Waals surface area (Å²) in [6.45, 7) is 9.10. The van der Waals surface area contributed by atoms with E-state index in [4.69, 9.17) is 0 Å². The molecule has 3 nitrogen and oxygen atoms in total. The maximum Gasteiger partial charge on any atom is 0.0837 e. The first-order valence-corrected chi connectivity index (χ1v) is 5.50. The number of aryl methyl sites for hydroxylation is 2. The molecular weight excluding hydrogens is 198 g/mol. The molecule has 0 aliphatic heterocycles. The minimum atomic E-state index is 0.757. The van der Waals surface area contributed by atoms with Gasteiger partial charge in [0.05, 0.1) is 17.9 Å². The second-order valence-electron chi connectivity index (χ2n) is 4.22. The standard InChI is InChI=1S/C13H17N3/c1-9-6-5-7-14-13(9)8-16-12(4)10(2)11(3)15-16/h5-7H,8H2,1-4H3. The summed E-state index contributed by atoms with van der Waals surface area (Å²) in [5.41, 5.74) is 5.91. The lowest BCUT2D eigenvalue weighted by Crippen LogP contribution is -2.07. The van der Waals surface area contributed by atoms with Gasteiger partial charge in [0.2, 0.25) is 0 Å². The molecule has 0 saturated heterocycles. The van der Waals surface area contributed by atoms with Gasteiger partial charge in [0.1, 0.15) is 0 Å². The van der Waals surface area contributed by atoms with Crippen molar-refractivity contribution < 1.29 is 0 Å². The minimum Gasteiger partial charge on any atom is -0.263 e. The van der Waals surface area contributed by atoms with E-state index in [0.29, 0.717) is 0 Å². The summed E-state index contributed by atoms with van der Waals surface area (Å²) in [6, 6.07) is 4.05. The number of hydrogen-bond donors (Lipinski definition) is 0. The Morgan fingerprint density at radius 3 is 2.50 bits per heavy atom. The van der Waals surface area contributed by atoms with Crippen LogP contribution in [0.1, 0.15) is 28.2 Å². The van der Waals surface area contributed by atoms with Crippen LogP contribution in [0.2, 0.25) is 0 Å². The molecule has 0 spiro atoms. The molecule has 0 aromatic carbocycles. The molecule has 3 heteroatoms. The highest BCUT2D eigenvalue weighted by atomic mass is 15.3. The third kappa shape index (κ3) is 1.85. The van der Waals surface area contributed by atoms with Crippen molar-refractivity contribution in [3.8, 4) is 0 Å². The Morgan fingerprint density at radius 2 is 1.94 bits per heavy atom. The topological polar surface area (TPSA) is 30.7 Å². The van der Waals surface area contributed by atoms with Crippen molar-refractivity contribution in [2.24, 2.45) is 0 Å². The van der Waals surface area contributed by atoms with Crippen LogP contribution < -0.4 is 0 Å². The predicted molar refractivity (Wildman–Crippen MR) is 64.5 cm³/mol. The van der Waals surface area contributed by atoms with E-state index in [0.717, 1.165) is 17.9 Å². The highest BCUT2D eigenvalue weighted by molar-refractivity contribution is 5.24. The monoisotopic (exact) mass is 215 g/mol. The second-order valence-corrected chi connectivity index (χ2v) is 4.22. The van der Waals surface area contributed by atoms with Crippen molar-refractivity contribution in [1.82, 2.24) is 14.8 Å². The van der Waals surface area contributed by atoms with Crippen LogP contribution in [0.3, 0.4) is 0 Å². The lowest BCUT2D eigenvalue weighted by atomic mass is 10.2. The van der Waals surface area contributed by atoms with Crippen molar-refractivity contribution in [3.05, 3.63) is 46.5 Å². The fourth-order valence-corrected chi connectivity index (χ4v) is 1.77. The van der Waals surface area contributed by atoms with Crippen LogP contribution in [-0.4, -0.2) is 14.8 Å². The van der Waals surface area contributed by atoms with Gasteiger partial charge in [0.15, 0.2) is 0 Å². The Balaban J connectivity index is 2.34. The van der Waals surface area contributed by atoms with E-state index >= 15 is 0 Å². The molecule has 0 radical (unpaired) electrons. The van der Waals surface area contributed by atoms with Crippen molar-refractivity contribution >= 4 is 0 Å². The molecule has 84 valence electrons. The number of pyridine rings is 1. The predicted octanol–water partition coefficient (Wildman–Crippen LogP) is 2.56. The van der Waals surface area contributed by atoms with Gasteiger partial charge in [-0.15, -0.1) is 0 Å². The van der Waals surface area contributed by atoms with Crippen LogP contribution in [0.25, 0.3) is 0 Å². The molecule has 16 heavy (non-hydrogen) atoms. The minimum absolute atomic E-state index is 0.757. The summed E-state index contributed by atoms with van der Waals surface area (Å²) in [5, 5.41) is 4.52. The smallest absolute Gasteiger partial charge is 0.0837 e. The molecule has 2 aromatic rings. The molecule has 0 aliphatic rings. The van der Waals surface area contributed by atoms with E-state index in [1.54, 1.807) is 0 Å². The van der Waals surface area contributed by atoms with Gasteiger partial charge in [-0.1, -0.05) is 6.07 Å². The fraction of sp³-hybridized carbons (Fsp3) is 0.385. The largest absolute Gasteiger partial charge is 0.263 e. The maximum absolute atomic E-state index is 4.52. The van der Waals surface area contributed by atoms with E-state index in [1.807, 2.05) is 23.9 Å². The first-order valence-electron chi connectivity index (χ1n) is 5.50. The Hall–Kier alpha value is -1.64. The van der Waals surface area contributed by atoms with Crippen LogP contribution in [0.5, 0.6) is 0 Å². The van der Waals surface area contributed by atoms with Crippen molar-refractivity contribution in [2.75, 3.05) is 0 Å². The zero-order valence-electron chi connectivity index (χ0n) is 10.3. The molecule has 2 rings (SSSR count). The molecule has 0 saturated carbocycles. The van der Waals surface area contributed by atoms with E-state index in [1.165, 1.54) is 16.8 Å². The van der Waals surface area contributed by atoms with Crippen molar-refractivity contribution in [1.29, 1.82) is 0 Å². The van der Waals surface area contributed by atoms with Crippen LogP contribution in [0, 0.1) is 27.7 Å². The third-order valence-electron chi connectivity index (χ3n) is 3.16. The highest BCUT2D eigenvalue weighted by Crippen LogP contribution is 2.13. The summed E-state index contributed by atoms with van der Waals surface area (Å²) >= 11 is 0. The summed E-state index contributed by atoms with van der Waals surface area (Å²) < 4.78 is 2.03. The average Bonchev–Trinajstić information content (AvgIpc) is 2.50. The molecular formula is C13H17N3. The lowest BCUT2D eigenvalue weighted by Gasteiger charge is -2.06. The summed E-state index contributed by atoms with van der Waals surface area (Å²) in [5.74, 6) is 0. The molecule has 0 N–H and O–H groups in total.